The summed E-state index contributed by atoms with van der Waals surface area (Å²) in [4.78, 5) is 0. The van der Waals surface area contributed by atoms with Gasteiger partial charge in [0.2, 0.25) is 0 Å². The molecule has 0 aliphatic carbocycles. The van der Waals surface area contributed by atoms with Gasteiger partial charge < -0.3 is 15.6 Å². The molecule has 0 aromatic heterocycles. The third kappa shape index (κ3) is 4.44. The van der Waals surface area contributed by atoms with Crippen LogP contribution >= 0.6 is 12.4 Å². The van der Waals surface area contributed by atoms with Gasteiger partial charge in [0.1, 0.15) is 0 Å². The summed E-state index contributed by atoms with van der Waals surface area (Å²) in [5, 5.41) is 9.98. The molecule has 3 nitrogen and oxygen atoms in total. The molecule has 0 bridgehead atoms. The summed E-state index contributed by atoms with van der Waals surface area (Å²) in [6, 6.07) is 5.37. The first kappa shape index (κ1) is 16.1. The molecule has 17 heavy (non-hydrogen) atoms. The number of aromatic hydroxyl groups is 1. The lowest BCUT2D eigenvalue weighted by atomic mass is 10.0. The second-order valence-corrected chi connectivity index (χ2v) is 3.88. The molecular weight excluding hydrogens is 238 g/mol. The van der Waals surface area contributed by atoms with Crippen molar-refractivity contribution >= 4 is 12.4 Å². The van der Waals surface area contributed by atoms with Crippen LogP contribution in [0.1, 0.15) is 44.7 Å². The monoisotopic (exact) mass is 259 g/mol. The van der Waals surface area contributed by atoms with E-state index in [0.717, 1.165) is 24.8 Å². The highest BCUT2D eigenvalue weighted by Gasteiger charge is 2.13. The number of phenols is 1. The van der Waals surface area contributed by atoms with Crippen molar-refractivity contribution in [1.29, 1.82) is 0 Å². The number of para-hydroxylation sites is 1. The van der Waals surface area contributed by atoms with Crippen molar-refractivity contribution in [2.75, 3.05) is 6.61 Å². The van der Waals surface area contributed by atoms with Gasteiger partial charge in [0, 0.05) is 11.6 Å². The molecule has 4 heteroatoms. The Labute approximate surface area is 109 Å². The highest BCUT2D eigenvalue weighted by molar-refractivity contribution is 5.85. The Kier molecular flexibility index (Phi) is 7.75. The minimum absolute atomic E-state index is 0. The number of halogens is 1. The first-order chi connectivity index (χ1) is 7.70. The fraction of sp³-hybridized carbons (Fsp3) is 0.538. The average Bonchev–Trinajstić information content (AvgIpc) is 2.29. The smallest absolute Gasteiger partial charge is 0.162 e. The minimum Gasteiger partial charge on any atom is -0.504 e. The Morgan fingerprint density at radius 1 is 1.35 bits per heavy atom. The first-order valence-corrected chi connectivity index (χ1v) is 5.90. The lowest BCUT2D eigenvalue weighted by molar-refractivity contribution is 0.315. The molecule has 0 spiro atoms. The van der Waals surface area contributed by atoms with Crippen LogP contribution in [-0.2, 0) is 0 Å². The summed E-state index contributed by atoms with van der Waals surface area (Å²) in [6.45, 7) is 4.56. The van der Waals surface area contributed by atoms with Crippen LogP contribution in [0.15, 0.2) is 18.2 Å². The number of hydrogen-bond acceptors (Lipinski definition) is 3. The molecule has 3 N–H and O–H groups in total. The summed E-state index contributed by atoms with van der Waals surface area (Å²) in [5.41, 5.74) is 6.81. The molecule has 0 aliphatic heterocycles. The molecule has 98 valence electrons. The Hall–Kier alpha value is -0.930. The van der Waals surface area contributed by atoms with E-state index in [4.69, 9.17) is 10.5 Å². The lowest BCUT2D eigenvalue weighted by Crippen LogP contribution is -2.10. The van der Waals surface area contributed by atoms with Crippen molar-refractivity contribution in [2.45, 2.75) is 39.2 Å². The van der Waals surface area contributed by atoms with Crippen molar-refractivity contribution in [3.63, 3.8) is 0 Å². The van der Waals surface area contributed by atoms with Crippen LogP contribution in [-0.4, -0.2) is 11.7 Å². The summed E-state index contributed by atoms with van der Waals surface area (Å²) in [5.74, 6) is 0.708. The third-order valence-corrected chi connectivity index (χ3v) is 2.60. The standard InChI is InChI=1S/C13H21NO2.ClH/c1-3-5-8-11(14)10-7-6-9-12(13(10)15)16-4-2;/h6-7,9,11,15H,3-5,8,14H2,1-2H3;1H/t11-;/m1./s1. The summed E-state index contributed by atoms with van der Waals surface area (Å²) in [6.07, 6.45) is 3.07. The molecule has 1 aromatic carbocycles. The van der Waals surface area contributed by atoms with Gasteiger partial charge >= 0.3 is 0 Å². The number of ether oxygens (including phenoxy) is 1. The van der Waals surface area contributed by atoms with E-state index in [0.29, 0.717) is 12.4 Å². The number of rotatable bonds is 6. The number of nitrogens with two attached hydrogens (primary N) is 1. The molecule has 1 rings (SSSR count). The third-order valence-electron chi connectivity index (χ3n) is 2.60. The zero-order chi connectivity index (χ0) is 12.0. The zero-order valence-corrected chi connectivity index (χ0v) is 11.3. The summed E-state index contributed by atoms with van der Waals surface area (Å²) >= 11 is 0. The van der Waals surface area contributed by atoms with Crippen LogP contribution in [0, 0.1) is 0 Å². The van der Waals surface area contributed by atoms with Crippen molar-refractivity contribution in [1.82, 2.24) is 0 Å². The highest BCUT2D eigenvalue weighted by atomic mass is 35.5. The fourth-order valence-corrected chi connectivity index (χ4v) is 1.69. The van der Waals surface area contributed by atoms with E-state index in [-0.39, 0.29) is 24.2 Å². The van der Waals surface area contributed by atoms with Crippen LogP contribution in [0.2, 0.25) is 0 Å². The average molecular weight is 260 g/mol. The Morgan fingerprint density at radius 3 is 2.65 bits per heavy atom. The van der Waals surface area contributed by atoms with Gasteiger partial charge in [-0.25, -0.2) is 0 Å². The molecular formula is C13H22ClNO2. The summed E-state index contributed by atoms with van der Waals surface area (Å²) in [7, 11) is 0. The van der Waals surface area contributed by atoms with Crippen LogP contribution in [0.3, 0.4) is 0 Å². The molecule has 0 heterocycles. The zero-order valence-electron chi connectivity index (χ0n) is 10.5. The number of phenolic OH excluding ortho intramolecular Hbond substituents is 1. The number of benzene rings is 1. The molecule has 0 saturated heterocycles. The lowest BCUT2D eigenvalue weighted by Gasteiger charge is -2.15. The van der Waals surface area contributed by atoms with Gasteiger partial charge in [-0.2, -0.15) is 0 Å². The van der Waals surface area contributed by atoms with Gasteiger partial charge in [-0.3, -0.25) is 0 Å². The van der Waals surface area contributed by atoms with Crippen LogP contribution in [0.5, 0.6) is 11.5 Å². The Morgan fingerprint density at radius 2 is 2.06 bits per heavy atom. The molecule has 1 atom stereocenters. The van der Waals surface area contributed by atoms with Crippen molar-refractivity contribution in [3.8, 4) is 11.5 Å². The van der Waals surface area contributed by atoms with Crippen molar-refractivity contribution in [2.24, 2.45) is 5.73 Å². The fourth-order valence-electron chi connectivity index (χ4n) is 1.69. The van der Waals surface area contributed by atoms with E-state index in [2.05, 4.69) is 6.92 Å². The molecule has 0 aliphatic rings. The van der Waals surface area contributed by atoms with E-state index < -0.39 is 0 Å². The van der Waals surface area contributed by atoms with Crippen LogP contribution in [0.4, 0.5) is 0 Å². The second-order valence-electron chi connectivity index (χ2n) is 3.88. The summed E-state index contributed by atoms with van der Waals surface area (Å²) < 4.78 is 5.33. The maximum Gasteiger partial charge on any atom is 0.162 e. The van der Waals surface area contributed by atoms with Crippen LogP contribution < -0.4 is 10.5 Å². The quantitative estimate of drug-likeness (QED) is 0.823. The molecule has 0 radical (unpaired) electrons. The number of hydrogen-bond donors (Lipinski definition) is 2. The van der Waals surface area contributed by atoms with E-state index in [1.165, 1.54) is 0 Å². The highest BCUT2D eigenvalue weighted by Crippen LogP contribution is 2.34. The van der Waals surface area contributed by atoms with Gasteiger partial charge in [-0.05, 0) is 19.4 Å². The molecule has 0 fully saturated rings. The maximum absolute atomic E-state index is 9.98. The predicted octanol–water partition coefficient (Wildman–Crippen LogP) is 3.40. The predicted molar refractivity (Wildman–Crippen MR) is 73.0 cm³/mol. The van der Waals surface area contributed by atoms with E-state index in [1.54, 1.807) is 6.07 Å². The van der Waals surface area contributed by atoms with Gasteiger partial charge in [0.05, 0.1) is 6.61 Å². The van der Waals surface area contributed by atoms with Gasteiger partial charge in [0.15, 0.2) is 11.5 Å². The topological polar surface area (TPSA) is 55.5 Å². The largest absolute Gasteiger partial charge is 0.504 e. The molecule has 0 unspecified atom stereocenters. The Bertz CT molecular complexity index is 331. The van der Waals surface area contributed by atoms with Gasteiger partial charge in [-0.15, -0.1) is 12.4 Å². The van der Waals surface area contributed by atoms with Crippen LogP contribution in [0.25, 0.3) is 0 Å². The SMILES string of the molecule is CCCC[C@@H](N)c1cccc(OCC)c1O.Cl. The molecule has 1 aromatic rings. The second kappa shape index (κ2) is 8.20. The van der Waals surface area contributed by atoms with E-state index >= 15 is 0 Å². The normalized spacial score (nSPS) is 11.7. The maximum atomic E-state index is 9.98. The molecule has 0 amide bonds. The minimum atomic E-state index is -0.111. The Balaban J connectivity index is 0.00000256. The van der Waals surface area contributed by atoms with E-state index in [1.807, 2.05) is 19.1 Å². The van der Waals surface area contributed by atoms with Crippen molar-refractivity contribution in [3.05, 3.63) is 23.8 Å². The van der Waals surface area contributed by atoms with Crippen molar-refractivity contribution < 1.29 is 9.84 Å². The van der Waals surface area contributed by atoms with Gasteiger partial charge in [0.25, 0.3) is 0 Å². The number of unbranched alkanes of at least 4 members (excludes halogenated alkanes) is 1. The van der Waals surface area contributed by atoms with Gasteiger partial charge in [-0.1, -0.05) is 31.9 Å². The van der Waals surface area contributed by atoms with E-state index in [9.17, 15) is 5.11 Å². The molecule has 0 saturated carbocycles. The first-order valence-electron chi connectivity index (χ1n) is 5.90.